The first-order valence-corrected chi connectivity index (χ1v) is 5.49. The Balaban J connectivity index is 2.19. The summed E-state index contributed by atoms with van der Waals surface area (Å²) in [6.45, 7) is 1.86. The highest BCUT2D eigenvalue weighted by atomic mass is 16.5. The summed E-state index contributed by atoms with van der Waals surface area (Å²) in [5.41, 5.74) is 6.56. The van der Waals surface area contributed by atoms with Gasteiger partial charge in [-0.05, 0) is 19.1 Å². The topological polar surface area (TPSA) is 85.2 Å². The van der Waals surface area contributed by atoms with Crippen LogP contribution in [0.4, 0.5) is 5.82 Å². The van der Waals surface area contributed by atoms with Gasteiger partial charge >= 0.3 is 0 Å². The third-order valence-corrected chi connectivity index (χ3v) is 2.78. The minimum atomic E-state index is -0.210. The number of aromatic nitrogens is 2. The normalized spacial score (nSPS) is 12.1. The number of hydrogen-bond donors (Lipinski definition) is 1. The summed E-state index contributed by atoms with van der Waals surface area (Å²) in [6.07, 6.45) is 1.48. The van der Waals surface area contributed by atoms with Crippen molar-refractivity contribution in [2.75, 3.05) is 12.8 Å². The molecule has 2 rings (SSSR count). The highest BCUT2D eigenvalue weighted by Crippen LogP contribution is 2.18. The van der Waals surface area contributed by atoms with Crippen molar-refractivity contribution in [3.05, 3.63) is 41.9 Å². The monoisotopic (exact) mass is 246 g/mol. The zero-order valence-electron chi connectivity index (χ0n) is 10.2. The Morgan fingerprint density at radius 1 is 1.44 bits per heavy atom. The molecule has 2 N–H and O–H groups in total. The fourth-order valence-electron chi connectivity index (χ4n) is 1.56. The first-order chi connectivity index (χ1) is 8.59. The van der Waals surface area contributed by atoms with Crippen LogP contribution >= 0.6 is 0 Å². The number of rotatable bonds is 3. The molecule has 0 radical (unpaired) electrons. The Hall–Kier alpha value is -2.37. The summed E-state index contributed by atoms with van der Waals surface area (Å²) >= 11 is 0. The van der Waals surface area contributed by atoms with Crippen LogP contribution in [0.15, 0.2) is 35.1 Å². The van der Waals surface area contributed by atoms with E-state index in [0.29, 0.717) is 17.2 Å². The Morgan fingerprint density at radius 2 is 2.22 bits per heavy atom. The molecule has 0 saturated carbocycles. The van der Waals surface area contributed by atoms with Crippen LogP contribution in [0.5, 0.6) is 0 Å². The highest BCUT2D eigenvalue weighted by Gasteiger charge is 2.21. The molecule has 94 valence electrons. The molecule has 1 atom stereocenters. The van der Waals surface area contributed by atoms with Crippen LogP contribution in [0.3, 0.4) is 0 Å². The molecule has 6 nitrogen and oxygen atoms in total. The zero-order valence-corrected chi connectivity index (χ0v) is 10.2. The van der Waals surface area contributed by atoms with E-state index in [1.807, 2.05) is 6.92 Å². The van der Waals surface area contributed by atoms with Gasteiger partial charge in [-0.1, -0.05) is 11.2 Å². The maximum atomic E-state index is 12.2. The minimum Gasteiger partial charge on any atom is -0.384 e. The minimum absolute atomic E-state index is 0.195. The summed E-state index contributed by atoms with van der Waals surface area (Å²) < 4.78 is 4.77. The number of amides is 1. The van der Waals surface area contributed by atoms with Crippen LogP contribution < -0.4 is 5.73 Å². The quantitative estimate of drug-likeness (QED) is 0.886. The lowest BCUT2D eigenvalue weighted by molar-refractivity contribution is 0.0732. The van der Waals surface area contributed by atoms with E-state index in [1.165, 1.54) is 6.26 Å². The van der Waals surface area contributed by atoms with Crippen molar-refractivity contribution in [3.8, 4) is 0 Å². The molecule has 18 heavy (non-hydrogen) atoms. The van der Waals surface area contributed by atoms with Crippen molar-refractivity contribution in [3.63, 3.8) is 0 Å². The van der Waals surface area contributed by atoms with Crippen LogP contribution in [0.1, 0.15) is 29.1 Å². The standard InChI is InChI=1S/C12H14N4O2/c1-8(9-6-7-18-15-9)16(2)12(17)10-4-3-5-11(13)14-10/h3-8H,1-2H3,(H2,13,14)/t8-/m0/s1. The molecular formula is C12H14N4O2. The Morgan fingerprint density at radius 3 is 2.83 bits per heavy atom. The molecule has 0 bridgehead atoms. The zero-order chi connectivity index (χ0) is 13.1. The Kier molecular flexibility index (Phi) is 3.27. The van der Waals surface area contributed by atoms with Gasteiger partial charge in [0.25, 0.3) is 5.91 Å². The summed E-state index contributed by atoms with van der Waals surface area (Å²) in [5, 5.41) is 3.82. The van der Waals surface area contributed by atoms with Gasteiger partial charge < -0.3 is 15.2 Å². The molecule has 0 fully saturated rings. The largest absolute Gasteiger partial charge is 0.384 e. The van der Waals surface area contributed by atoms with E-state index in [1.54, 1.807) is 36.2 Å². The summed E-state index contributed by atoms with van der Waals surface area (Å²) in [5.74, 6) is 0.112. The van der Waals surface area contributed by atoms with E-state index in [-0.39, 0.29) is 11.9 Å². The number of nitrogens with two attached hydrogens (primary N) is 1. The molecule has 2 aromatic heterocycles. The second kappa shape index (κ2) is 4.87. The average Bonchev–Trinajstić information content (AvgIpc) is 2.90. The smallest absolute Gasteiger partial charge is 0.272 e. The van der Waals surface area contributed by atoms with Gasteiger partial charge in [0.1, 0.15) is 23.5 Å². The predicted molar refractivity (Wildman–Crippen MR) is 65.7 cm³/mol. The number of carbonyl (C=O) groups excluding carboxylic acids is 1. The number of nitrogen functional groups attached to an aromatic ring is 1. The molecular weight excluding hydrogens is 232 g/mol. The van der Waals surface area contributed by atoms with Gasteiger partial charge in [-0.15, -0.1) is 0 Å². The fraction of sp³-hybridized carbons (Fsp3) is 0.250. The number of pyridine rings is 1. The number of anilines is 1. The number of hydrogen-bond acceptors (Lipinski definition) is 5. The predicted octanol–water partition coefficient (Wildman–Crippen LogP) is 1.48. The van der Waals surface area contributed by atoms with Crippen LogP contribution in [0.2, 0.25) is 0 Å². The lowest BCUT2D eigenvalue weighted by atomic mass is 10.2. The highest BCUT2D eigenvalue weighted by molar-refractivity contribution is 5.92. The Labute approximate surface area is 104 Å². The molecule has 0 spiro atoms. The molecule has 2 aromatic rings. The molecule has 6 heteroatoms. The van der Waals surface area contributed by atoms with E-state index in [4.69, 9.17) is 10.3 Å². The van der Waals surface area contributed by atoms with E-state index in [2.05, 4.69) is 10.1 Å². The van der Waals surface area contributed by atoms with Crippen molar-refractivity contribution < 1.29 is 9.32 Å². The van der Waals surface area contributed by atoms with Crippen LogP contribution in [-0.2, 0) is 0 Å². The molecule has 2 heterocycles. The van der Waals surface area contributed by atoms with Crippen LogP contribution in [0.25, 0.3) is 0 Å². The van der Waals surface area contributed by atoms with Crippen LogP contribution in [0, 0.1) is 0 Å². The second-order valence-electron chi connectivity index (χ2n) is 3.96. The molecule has 0 saturated heterocycles. The number of carbonyl (C=O) groups is 1. The van der Waals surface area contributed by atoms with Gasteiger partial charge in [0, 0.05) is 13.1 Å². The van der Waals surface area contributed by atoms with E-state index >= 15 is 0 Å². The first kappa shape index (κ1) is 12.1. The Bertz CT molecular complexity index is 539. The van der Waals surface area contributed by atoms with Gasteiger partial charge in [0.15, 0.2) is 0 Å². The van der Waals surface area contributed by atoms with E-state index in [9.17, 15) is 4.79 Å². The maximum absolute atomic E-state index is 12.2. The van der Waals surface area contributed by atoms with Crippen molar-refractivity contribution in [1.82, 2.24) is 15.0 Å². The second-order valence-corrected chi connectivity index (χ2v) is 3.96. The molecule has 0 aromatic carbocycles. The summed E-state index contributed by atoms with van der Waals surface area (Å²) in [4.78, 5) is 17.7. The van der Waals surface area contributed by atoms with Crippen molar-refractivity contribution in [2.45, 2.75) is 13.0 Å². The third kappa shape index (κ3) is 2.32. The molecule has 0 aliphatic heterocycles. The van der Waals surface area contributed by atoms with Gasteiger partial charge in [0.05, 0.1) is 6.04 Å². The van der Waals surface area contributed by atoms with Crippen LogP contribution in [-0.4, -0.2) is 28.0 Å². The van der Waals surface area contributed by atoms with Gasteiger partial charge in [-0.3, -0.25) is 4.79 Å². The van der Waals surface area contributed by atoms with E-state index < -0.39 is 0 Å². The van der Waals surface area contributed by atoms with Gasteiger partial charge in [0.2, 0.25) is 0 Å². The SMILES string of the molecule is C[C@@H](c1ccon1)N(C)C(=O)c1cccc(N)n1. The lowest BCUT2D eigenvalue weighted by Crippen LogP contribution is -2.30. The van der Waals surface area contributed by atoms with Gasteiger partial charge in [-0.2, -0.15) is 0 Å². The molecule has 1 amide bonds. The molecule has 0 unspecified atom stereocenters. The molecule has 0 aliphatic rings. The number of nitrogens with zero attached hydrogens (tertiary/aromatic N) is 3. The van der Waals surface area contributed by atoms with Gasteiger partial charge in [-0.25, -0.2) is 4.98 Å². The van der Waals surface area contributed by atoms with Crippen molar-refractivity contribution >= 4 is 11.7 Å². The summed E-state index contributed by atoms with van der Waals surface area (Å²) in [7, 11) is 1.69. The average molecular weight is 246 g/mol. The fourth-order valence-corrected chi connectivity index (χ4v) is 1.56. The van der Waals surface area contributed by atoms with Crippen molar-refractivity contribution in [1.29, 1.82) is 0 Å². The molecule has 0 aliphatic carbocycles. The third-order valence-electron chi connectivity index (χ3n) is 2.78. The maximum Gasteiger partial charge on any atom is 0.272 e. The van der Waals surface area contributed by atoms with E-state index in [0.717, 1.165) is 0 Å². The van der Waals surface area contributed by atoms with Crippen molar-refractivity contribution in [2.24, 2.45) is 0 Å². The summed E-state index contributed by atoms with van der Waals surface area (Å²) in [6, 6.07) is 6.49. The first-order valence-electron chi connectivity index (χ1n) is 5.49. The lowest BCUT2D eigenvalue weighted by Gasteiger charge is -2.22.